The van der Waals surface area contributed by atoms with Crippen molar-refractivity contribution >= 4 is 58.7 Å². The Hall–Kier alpha value is -4.09. The number of carboxylic acids is 1. The average molecular weight is 546 g/mol. The Morgan fingerprint density at radius 3 is 2.54 bits per heavy atom. The molecule has 37 heavy (non-hydrogen) atoms. The summed E-state index contributed by atoms with van der Waals surface area (Å²) in [6.45, 7) is 4.31. The van der Waals surface area contributed by atoms with Gasteiger partial charge in [-0.2, -0.15) is 15.0 Å². The van der Waals surface area contributed by atoms with Crippen LogP contribution in [0.5, 0.6) is 5.75 Å². The number of ether oxygens (including phenoxy) is 1. The Balaban J connectivity index is 1.91. The summed E-state index contributed by atoms with van der Waals surface area (Å²) in [7, 11) is 1.49. The third-order valence-electron chi connectivity index (χ3n) is 4.84. The van der Waals surface area contributed by atoms with Crippen LogP contribution in [0.1, 0.15) is 12.0 Å². The molecular weight excluding hydrogens is 521 g/mol. The van der Waals surface area contributed by atoms with Gasteiger partial charge in [-0.3, -0.25) is 10.1 Å². The maximum absolute atomic E-state index is 12.7. The molecule has 0 radical (unpaired) electrons. The Bertz CT molecular complexity index is 1280. The largest absolute Gasteiger partial charge is 0.495 e. The van der Waals surface area contributed by atoms with Crippen LogP contribution in [0.25, 0.3) is 0 Å². The SMILES string of the molecule is C=CCNc1nc(NC(=O)Nc2ccccc2OC)nc(N(CCC(=O)O)Cc2ccc(Cl)c(Cl)c2)n1. The van der Waals surface area contributed by atoms with Gasteiger partial charge in [-0.05, 0) is 29.8 Å². The number of carboxylic acid groups (broad SMARTS) is 1. The Morgan fingerprint density at radius 1 is 1.08 bits per heavy atom. The van der Waals surface area contributed by atoms with E-state index in [0.29, 0.717) is 28.0 Å². The number of aromatic nitrogens is 3. The fraction of sp³-hybridized carbons (Fsp3) is 0.208. The standard InChI is InChI=1S/C24H25Cl2N7O4/c1-3-11-27-21-29-22(32-24(36)28-18-6-4-5-7-19(18)37-2)31-23(30-21)33(12-10-20(34)35)14-15-8-9-16(25)17(26)13-15/h3-9,13H,1,10-12,14H2,2H3,(H,34,35)(H3,27,28,29,30,31,32,36). The molecule has 0 bridgehead atoms. The first-order valence-electron chi connectivity index (χ1n) is 11.0. The maximum Gasteiger partial charge on any atom is 0.326 e. The van der Waals surface area contributed by atoms with E-state index in [1.54, 1.807) is 53.4 Å². The van der Waals surface area contributed by atoms with Crippen LogP contribution in [0.2, 0.25) is 10.0 Å². The number of benzene rings is 2. The molecule has 0 unspecified atom stereocenters. The number of nitrogens with zero attached hydrogens (tertiary/aromatic N) is 4. The topological polar surface area (TPSA) is 142 Å². The van der Waals surface area contributed by atoms with Gasteiger partial charge in [0.25, 0.3) is 0 Å². The summed E-state index contributed by atoms with van der Waals surface area (Å²) in [6.07, 6.45) is 1.43. The van der Waals surface area contributed by atoms with Gasteiger partial charge in [0.1, 0.15) is 5.75 Å². The molecule has 0 saturated carbocycles. The van der Waals surface area contributed by atoms with Crippen LogP contribution in [0.3, 0.4) is 0 Å². The predicted molar refractivity (Wildman–Crippen MR) is 144 cm³/mol. The first-order chi connectivity index (χ1) is 17.8. The molecule has 1 aromatic heterocycles. The number of carbonyl (C=O) groups is 2. The number of hydrogen-bond donors (Lipinski definition) is 4. The fourth-order valence-corrected chi connectivity index (χ4v) is 3.47. The molecule has 11 nitrogen and oxygen atoms in total. The summed E-state index contributed by atoms with van der Waals surface area (Å²) in [5.74, 6) is -0.275. The van der Waals surface area contributed by atoms with E-state index in [1.807, 2.05) is 0 Å². The van der Waals surface area contributed by atoms with Gasteiger partial charge in [-0.25, -0.2) is 4.79 Å². The molecule has 0 atom stereocenters. The lowest BCUT2D eigenvalue weighted by Crippen LogP contribution is -2.29. The van der Waals surface area contributed by atoms with Gasteiger partial charge in [0.15, 0.2) is 0 Å². The number of methoxy groups -OCH3 is 1. The molecule has 2 amide bonds. The van der Waals surface area contributed by atoms with Gasteiger partial charge < -0.3 is 25.4 Å². The average Bonchev–Trinajstić information content (AvgIpc) is 2.87. The summed E-state index contributed by atoms with van der Waals surface area (Å²) < 4.78 is 5.25. The summed E-state index contributed by atoms with van der Waals surface area (Å²) in [4.78, 5) is 38.7. The monoisotopic (exact) mass is 545 g/mol. The number of para-hydroxylation sites is 2. The number of rotatable bonds is 12. The maximum atomic E-state index is 12.7. The zero-order valence-corrected chi connectivity index (χ0v) is 21.4. The number of anilines is 4. The van der Waals surface area contributed by atoms with Crippen molar-refractivity contribution in [2.75, 3.05) is 41.0 Å². The number of carbonyl (C=O) groups excluding carboxylic acids is 1. The highest BCUT2D eigenvalue weighted by molar-refractivity contribution is 6.42. The van der Waals surface area contributed by atoms with Gasteiger partial charge in [-0.15, -0.1) is 6.58 Å². The molecule has 2 aromatic carbocycles. The van der Waals surface area contributed by atoms with Crippen molar-refractivity contribution in [2.24, 2.45) is 0 Å². The summed E-state index contributed by atoms with van der Waals surface area (Å²) in [5.41, 5.74) is 1.20. The molecule has 3 rings (SSSR count). The normalized spacial score (nSPS) is 10.4. The van der Waals surface area contributed by atoms with Crippen LogP contribution in [-0.2, 0) is 11.3 Å². The molecule has 0 fully saturated rings. The first kappa shape index (κ1) is 27.5. The quantitative estimate of drug-likeness (QED) is 0.233. The van der Waals surface area contributed by atoms with Crippen molar-refractivity contribution in [3.05, 3.63) is 70.7 Å². The first-order valence-corrected chi connectivity index (χ1v) is 11.8. The van der Waals surface area contributed by atoms with E-state index in [9.17, 15) is 14.7 Å². The van der Waals surface area contributed by atoms with Crippen molar-refractivity contribution < 1.29 is 19.4 Å². The van der Waals surface area contributed by atoms with E-state index in [4.69, 9.17) is 27.9 Å². The third-order valence-corrected chi connectivity index (χ3v) is 5.58. The Kier molecular flexibility index (Phi) is 9.87. The van der Waals surface area contributed by atoms with Gasteiger partial charge in [0.2, 0.25) is 17.8 Å². The lowest BCUT2D eigenvalue weighted by Gasteiger charge is -2.23. The van der Waals surface area contributed by atoms with Crippen LogP contribution in [0, 0.1) is 0 Å². The molecule has 0 aliphatic carbocycles. The lowest BCUT2D eigenvalue weighted by molar-refractivity contribution is -0.136. The summed E-state index contributed by atoms with van der Waals surface area (Å²) in [6, 6.07) is 11.4. The van der Waals surface area contributed by atoms with Gasteiger partial charge in [0, 0.05) is 19.6 Å². The third kappa shape index (κ3) is 8.23. The minimum atomic E-state index is -0.993. The predicted octanol–water partition coefficient (Wildman–Crippen LogP) is 4.91. The van der Waals surface area contributed by atoms with Crippen LogP contribution in [0.15, 0.2) is 55.1 Å². The highest BCUT2D eigenvalue weighted by atomic mass is 35.5. The van der Waals surface area contributed by atoms with Gasteiger partial charge in [-0.1, -0.05) is 47.5 Å². The second kappa shape index (κ2) is 13.3. The zero-order chi connectivity index (χ0) is 26.8. The number of amides is 2. The molecule has 1 heterocycles. The molecule has 0 aliphatic heterocycles. The Morgan fingerprint density at radius 2 is 1.84 bits per heavy atom. The Labute approximate surface area is 223 Å². The summed E-state index contributed by atoms with van der Waals surface area (Å²) >= 11 is 12.2. The van der Waals surface area contributed by atoms with E-state index in [-0.39, 0.29) is 37.4 Å². The van der Waals surface area contributed by atoms with Gasteiger partial charge in [0.05, 0.1) is 29.3 Å². The fourth-order valence-electron chi connectivity index (χ4n) is 3.15. The van der Waals surface area contributed by atoms with Crippen molar-refractivity contribution in [3.8, 4) is 5.75 Å². The minimum absolute atomic E-state index is 0.0570. The number of halogens is 2. The summed E-state index contributed by atoms with van der Waals surface area (Å²) in [5, 5.41) is 18.2. The molecule has 194 valence electrons. The molecule has 0 spiro atoms. The van der Waals surface area contributed by atoms with Crippen molar-refractivity contribution in [1.82, 2.24) is 15.0 Å². The molecule has 4 N–H and O–H groups in total. The molecule has 13 heteroatoms. The van der Waals surface area contributed by atoms with E-state index in [2.05, 4.69) is 37.5 Å². The lowest BCUT2D eigenvalue weighted by atomic mass is 10.2. The smallest absolute Gasteiger partial charge is 0.326 e. The highest BCUT2D eigenvalue weighted by Gasteiger charge is 2.18. The van der Waals surface area contributed by atoms with E-state index in [1.165, 1.54) is 7.11 Å². The van der Waals surface area contributed by atoms with Crippen LogP contribution in [0.4, 0.5) is 28.3 Å². The molecular formula is C24H25Cl2N7O4. The van der Waals surface area contributed by atoms with Crippen molar-refractivity contribution in [3.63, 3.8) is 0 Å². The highest BCUT2D eigenvalue weighted by Crippen LogP contribution is 2.25. The zero-order valence-electron chi connectivity index (χ0n) is 19.9. The molecule has 3 aromatic rings. The van der Waals surface area contributed by atoms with Crippen LogP contribution >= 0.6 is 23.2 Å². The van der Waals surface area contributed by atoms with Gasteiger partial charge >= 0.3 is 12.0 Å². The molecule has 0 aliphatic rings. The minimum Gasteiger partial charge on any atom is -0.495 e. The van der Waals surface area contributed by atoms with Crippen molar-refractivity contribution in [2.45, 2.75) is 13.0 Å². The van der Waals surface area contributed by atoms with Crippen LogP contribution < -0.4 is 25.6 Å². The van der Waals surface area contributed by atoms with Crippen LogP contribution in [-0.4, -0.2) is 52.3 Å². The second-order valence-electron chi connectivity index (χ2n) is 7.55. The number of aliphatic carboxylic acids is 1. The van der Waals surface area contributed by atoms with Crippen molar-refractivity contribution in [1.29, 1.82) is 0 Å². The number of hydrogen-bond acceptors (Lipinski definition) is 8. The second-order valence-corrected chi connectivity index (χ2v) is 8.36. The van der Waals surface area contributed by atoms with E-state index in [0.717, 1.165) is 5.56 Å². The van der Waals surface area contributed by atoms with E-state index < -0.39 is 12.0 Å². The number of nitrogens with one attached hydrogen (secondary N) is 3. The molecule has 0 saturated heterocycles. The van der Waals surface area contributed by atoms with E-state index >= 15 is 0 Å². The number of urea groups is 1.